The zero-order valence-electron chi connectivity index (χ0n) is 14.9. The number of nitrogens with zero attached hydrogens (tertiary/aromatic N) is 1. The molecule has 1 saturated heterocycles. The largest absolute Gasteiger partial charge is 0.465 e. The maximum absolute atomic E-state index is 13.0. The third-order valence-electron chi connectivity index (χ3n) is 6.63. The lowest BCUT2D eigenvalue weighted by atomic mass is 9.83. The molecule has 1 aromatic rings. The molecule has 0 spiro atoms. The Morgan fingerprint density at radius 2 is 2.00 bits per heavy atom. The van der Waals surface area contributed by atoms with Crippen LogP contribution in [0.2, 0.25) is 0 Å². The second-order valence-electron chi connectivity index (χ2n) is 8.04. The molecule has 4 heteroatoms. The number of carbonyl (C=O) groups excluding carboxylic acids is 2. The van der Waals surface area contributed by atoms with Crippen molar-refractivity contribution in [2.45, 2.75) is 51.0 Å². The fourth-order valence-electron chi connectivity index (χ4n) is 5.43. The van der Waals surface area contributed by atoms with E-state index in [-0.39, 0.29) is 5.91 Å². The van der Waals surface area contributed by atoms with Crippen molar-refractivity contribution in [3.63, 3.8) is 0 Å². The van der Waals surface area contributed by atoms with Crippen molar-refractivity contribution in [3.05, 3.63) is 35.4 Å². The zero-order valence-corrected chi connectivity index (χ0v) is 14.9. The number of benzene rings is 1. The van der Waals surface area contributed by atoms with Gasteiger partial charge in [-0.25, -0.2) is 4.79 Å². The van der Waals surface area contributed by atoms with Crippen LogP contribution in [0.1, 0.15) is 65.7 Å². The maximum Gasteiger partial charge on any atom is 0.337 e. The highest BCUT2D eigenvalue weighted by Gasteiger charge is 2.42. The molecule has 25 heavy (non-hydrogen) atoms. The topological polar surface area (TPSA) is 46.6 Å². The summed E-state index contributed by atoms with van der Waals surface area (Å²) in [6, 6.07) is 7.31. The number of ether oxygens (including phenoxy) is 1. The highest BCUT2D eigenvalue weighted by atomic mass is 16.5. The second-order valence-corrected chi connectivity index (χ2v) is 8.04. The van der Waals surface area contributed by atoms with Crippen molar-refractivity contribution in [1.82, 2.24) is 4.90 Å². The standard InChI is InChI=1S/C21H27NO3/c1-25-21(24)17-5-2-4-16(12-17)20(23)22-9-3-6-19(22)13-18-11-14-7-8-15(18)10-14/h2,4-5,12,14-15,18-19H,3,6-11,13H2,1H3. The average Bonchev–Trinajstić information content (AvgIpc) is 3.37. The van der Waals surface area contributed by atoms with Crippen LogP contribution >= 0.6 is 0 Å². The summed E-state index contributed by atoms with van der Waals surface area (Å²) in [4.78, 5) is 26.8. The van der Waals surface area contributed by atoms with Gasteiger partial charge in [0, 0.05) is 18.2 Å². The van der Waals surface area contributed by atoms with E-state index in [1.807, 2.05) is 6.07 Å². The molecule has 2 aliphatic carbocycles. The number of amides is 1. The van der Waals surface area contributed by atoms with E-state index >= 15 is 0 Å². The molecule has 2 bridgehead atoms. The lowest BCUT2D eigenvalue weighted by Crippen LogP contribution is -2.37. The Hall–Kier alpha value is -1.84. The van der Waals surface area contributed by atoms with Gasteiger partial charge in [-0.2, -0.15) is 0 Å². The van der Waals surface area contributed by atoms with Crippen LogP contribution in [-0.2, 0) is 4.74 Å². The number of rotatable bonds is 4. The molecule has 2 saturated carbocycles. The third kappa shape index (κ3) is 3.19. The Balaban J connectivity index is 1.46. The molecule has 4 atom stereocenters. The predicted octanol–water partition coefficient (Wildman–Crippen LogP) is 3.90. The third-order valence-corrected chi connectivity index (χ3v) is 6.63. The Morgan fingerprint density at radius 1 is 1.16 bits per heavy atom. The Kier molecular flexibility index (Phi) is 4.53. The quantitative estimate of drug-likeness (QED) is 0.780. The first-order valence-corrected chi connectivity index (χ1v) is 9.65. The number of hydrogen-bond acceptors (Lipinski definition) is 3. The summed E-state index contributed by atoms with van der Waals surface area (Å²) in [5.74, 6) is 2.35. The molecule has 4 unspecified atom stereocenters. The Morgan fingerprint density at radius 3 is 2.72 bits per heavy atom. The van der Waals surface area contributed by atoms with E-state index in [1.54, 1.807) is 18.2 Å². The van der Waals surface area contributed by atoms with Crippen molar-refractivity contribution in [1.29, 1.82) is 0 Å². The molecule has 4 nitrogen and oxygen atoms in total. The van der Waals surface area contributed by atoms with Gasteiger partial charge in [-0.15, -0.1) is 0 Å². The van der Waals surface area contributed by atoms with Crippen molar-refractivity contribution < 1.29 is 14.3 Å². The van der Waals surface area contributed by atoms with E-state index in [9.17, 15) is 9.59 Å². The maximum atomic E-state index is 13.0. The molecule has 1 aromatic carbocycles. The minimum atomic E-state index is -0.394. The van der Waals surface area contributed by atoms with Crippen LogP contribution in [0.25, 0.3) is 0 Å². The first-order valence-electron chi connectivity index (χ1n) is 9.65. The van der Waals surface area contributed by atoms with Crippen LogP contribution in [-0.4, -0.2) is 36.5 Å². The lowest BCUT2D eigenvalue weighted by molar-refractivity contribution is 0.0600. The fourth-order valence-corrected chi connectivity index (χ4v) is 5.43. The van der Waals surface area contributed by atoms with E-state index in [1.165, 1.54) is 39.2 Å². The number of carbonyl (C=O) groups is 2. The molecule has 134 valence electrons. The zero-order chi connectivity index (χ0) is 17.4. The summed E-state index contributed by atoms with van der Waals surface area (Å²) in [7, 11) is 1.36. The first-order chi connectivity index (χ1) is 12.2. The first kappa shape index (κ1) is 16.6. The van der Waals surface area contributed by atoms with Gasteiger partial charge in [0.1, 0.15) is 0 Å². The molecule has 4 rings (SSSR count). The molecule has 0 aromatic heterocycles. The van der Waals surface area contributed by atoms with Gasteiger partial charge in [0.05, 0.1) is 12.7 Å². The van der Waals surface area contributed by atoms with Gasteiger partial charge in [0.25, 0.3) is 5.91 Å². The molecule has 0 radical (unpaired) electrons. The van der Waals surface area contributed by atoms with E-state index < -0.39 is 5.97 Å². The van der Waals surface area contributed by atoms with Crippen molar-refractivity contribution >= 4 is 11.9 Å². The second kappa shape index (κ2) is 6.81. The minimum Gasteiger partial charge on any atom is -0.465 e. The molecule has 0 N–H and O–H groups in total. The number of likely N-dealkylation sites (tertiary alicyclic amines) is 1. The van der Waals surface area contributed by atoms with E-state index in [0.29, 0.717) is 17.2 Å². The van der Waals surface area contributed by atoms with Crippen molar-refractivity contribution in [2.75, 3.05) is 13.7 Å². The van der Waals surface area contributed by atoms with Crippen LogP contribution in [0.15, 0.2) is 24.3 Å². The molecule has 1 aliphatic heterocycles. The summed E-state index contributed by atoms with van der Waals surface area (Å²) in [6.45, 7) is 0.840. The van der Waals surface area contributed by atoms with E-state index in [4.69, 9.17) is 4.74 Å². The predicted molar refractivity (Wildman–Crippen MR) is 95.4 cm³/mol. The van der Waals surface area contributed by atoms with Gasteiger partial charge in [-0.1, -0.05) is 12.5 Å². The van der Waals surface area contributed by atoms with Gasteiger partial charge in [-0.05, 0) is 74.5 Å². The van der Waals surface area contributed by atoms with Crippen LogP contribution in [0.4, 0.5) is 0 Å². The van der Waals surface area contributed by atoms with E-state index in [2.05, 4.69) is 4.90 Å². The summed E-state index contributed by atoms with van der Waals surface area (Å²) in [6.07, 6.45) is 9.01. The van der Waals surface area contributed by atoms with E-state index in [0.717, 1.165) is 37.1 Å². The number of fused-ring (bicyclic) bond motifs is 2. The smallest absolute Gasteiger partial charge is 0.337 e. The Bertz CT molecular complexity index is 671. The molecular weight excluding hydrogens is 314 g/mol. The molecule has 1 heterocycles. The van der Waals surface area contributed by atoms with Crippen molar-refractivity contribution in [3.8, 4) is 0 Å². The summed E-state index contributed by atoms with van der Waals surface area (Å²) in [5.41, 5.74) is 1.04. The van der Waals surface area contributed by atoms with Crippen molar-refractivity contribution in [2.24, 2.45) is 17.8 Å². The number of hydrogen-bond donors (Lipinski definition) is 0. The van der Waals surface area contributed by atoms with Gasteiger partial charge in [-0.3, -0.25) is 4.79 Å². The number of methoxy groups -OCH3 is 1. The Labute approximate surface area is 149 Å². The van der Waals surface area contributed by atoms with Crippen LogP contribution in [0, 0.1) is 17.8 Å². The average molecular weight is 341 g/mol. The highest BCUT2D eigenvalue weighted by Crippen LogP contribution is 2.50. The molecule has 3 fully saturated rings. The van der Waals surface area contributed by atoms with Gasteiger partial charge >= 0.3 is 5.97 Å². The summed E-state index contributed by atoms with van der Waals surface area (Å²) >= 11 is 0. The summed E-state index contributed by atoms with van der Waals surface area (Å²) < 4.78 is 4.77. The van der Waals surface area contributed by atoms with Crippen LogP contribution in [0.5, 0.6) is 0 Å². The lowest BCUT2D eigenvalue weighted by Gasteiger charge is -2.30. The normalized spacial score (nSPS) is 30.7. The monoisotopic (exact) mass is 341 g/mol. The SMILES string of the molecule is COC(=O)c1cccc(C(=O)N2CCCC2CC2CC3CCC2C3)c1. The molecule has 1 amide bonds. The van der Waals surface area contributed by atoms with Gasteiger partial charge in [0.15, 0.2) is 0 Å². The van der Waals surface area contributed by atoms with Gasteiger partial charge < -0.3 is 9.64 Å². The molecular formula is C21H27NO3. The summed E-state index contributed by atoms with van der Waals surface area (Å²) in [5, 5.41) is 0. The number of esters is 1. The minimum absolute atomic E-state index is 0.0661. The highest BCUT2D eigenvalue weighted by molar-refractivity contribution is 5.98. The van der Waals surface area contributed by atoms with Crippen LogP contribution < -0.4 is 0 Å². The van der Waals surface area contributed by atoms with Crippen LogP contribution in [0.3, 0.4) is 0 Å². The fraction of sp³-hybridized carbons (Fsp3) is 0.619. The van der Waals surface area contributed by atoms with Gasteiger partial charge in [0.2, 0.25) is 0 Å². The molecule has 3 aliphatic rings.